The summed E-state index contributed by atoms with van der Waals surface area (Å²) in [6.07, 6.45) is 10.1. The maximum atomic E-state index is 6.06. The molecule has 4 rings (SSSR count). The van der Waals surface area contributed by atoms with Crippen molar-refractivity contribution >= 4 is 12.7 Å². The van der Waals surface area contributed by atoms with E-state index in [2.05, 4.69) is 16.0 Å². The zero-order valence-corrected chi connectivity index (χ0v) is 14.1. The lowest BCUT2D eigenvalue weighted by Gasteiger charge is -2.32. The highest BCUT2D eigenvalue weighted by Crippen LogP contribution is 2.40. The van der Waals surface area contributed by atoms with Gasteiger partial charge in [0, 0.05) is 12.4 Å². The van der Waals surface area contributed by atoms with Gasteiger partial charge >= 0.3 is 7.12 Å². The molecular weight excluding hydrogens is 289 g/mol. The molecule has 2 fully saturated rings. The second-order valence-corrected chi connectivity index (χ2v) is 7.54. The number of pyridine rings is 1. The van der Waals surface area contributed by atoms with Crippen molar-refractivity contribution in [1.29, 1.82) is 0 Å². The monoisotopic (exact) mass is 311 g/mol. The molecule has 1 saturated carbocycles. The van der Waals surface area contributed by atoms with Gasteiger partial charge < -0.3 is 13.9 Å². The Bertz CT molecular complexity index is 721. The molecule has 0 amide bonds. The second kappa shape index (κ2) is 4.92. The molecule has 6 heteroatoms. The average Bonchev–Trinajstić information content (AvgIpc) is 3.17. The molecule has 120 valence electrons. The Hall–Kier alpha value is -1.66. The van der Waals surface area contributed by atoms with Crippen molar-refractivity contribution in [3.8, 4) is 5.69 Å². The van der Waals surface area contributed by atoms with Crippen LogP contribution in [0.25, 0.3) is 5.69 Å². The molecule has 23 heavy (non-hydrogen) atoms. The van der Waals surface area contributed by atoms with Crippen LogP contribution in [0.2, 0.25) is 0 Å². The molecule has 0 bridgehead atoms. The predicted molar refractivity (Wildman–Crippen MR) is 89.1 cm³/mol. The van der Waals surface area contributed by atoms with Crippen LogP contribution in [-0.4, -0.2) is 32.9 Å². The second-order valence-electron chi connectivity index (χ2n) is 7.54. The van der Waals surface area contributed by atoms with Gasteiger partial charge in [0.2, 0.25) is 0 Å². The van der Waals surface area contributed by atoms with Crippen LogP contribution in [0.5, 0.6) is 0 Å². The van der Waals surface area contributed by atoms with Crippen molar-refractivity contribution in [1.82, 2.24) is 14.5 Å². The van der Waals surface area contributed by atoms with Gasteiger partial charge in [0.25, 0.3) is 0 Å². The van der Waals surface area contributed by atoms with Gasteiger partial charge in [0.05, 0.1) is 35.0 Å². The van der Waals surface area contributed by atoms with E-state index in [9.17, 15) is 0 Å². The van der Waals surface area contributed by atoms with Crippen molar-refractivity contribution in [2.75, 3.05) is 0 Å². The lowest BCUT2D eigenvalue weighted by molar-refractivity contribution is 0.00578. The van der Waals surface area contributed by atoms with Crippen LogP contribution in [0.3, 0.4) is 0 Å². The Balaban J connectivity index is 1.59. The first-order valence-corrected chi connectivity index (χ1v) is 8.21. The minimum atomic E-state index is -0.430. The average molecular weight is 311 g/mol. The Kier molecular flexibility index (Phi) is 3.19. The largest absolute Gasteiger partial charge is 0.516 e. The summed E-state index contributed by atoms with van der Waals surface area (Å²) in [7, 11) is -0.430. The maximum absolute atomic E-state index is 6.06. The lowest BCUT2D eigenvalue weighted by Crippen LogP contribution is -2.41. The van der Waals surface area contributed by atoms with Crippen molar-refractivity contribution in [3.05, 3.63) is 36.5 Å². The van der Waals surface area contributed by atoms with E-state index in [1.807, 2.05) is 50.9 Å². The highest BCUT2D eigenvalue weighted by Gasteiger charge is 2.52. The highest BCUT2D eigenvalue weighted by molar-refractivity contribution is 6.61. The van der Waals surface area contributed by atoms with Crippen LogP contribution >= 0.6 is 0 Å². The van der Waals surface area contributed by atoms with E-state index in [-0.39, 0.29) is 11.2 Å². The molecular formula is C17H22BN3O2. The van der Waals surface area contributed by atoms with E-state index >= 15 is 0 Å². The third-order valence-corrected chi connectivity index (χ3v) is 5.19. The summed E-state index contributed by atoms with van der Waals surface area (Å²) in [6.45, 7) is 8.19. The number of rotatable bonds is 3. The highest BCUT2D eigenvalue weighted by atomic mass is 16.7. The molecule has 2 aromatic heterocycles. The molecule has 1 aliphatic heterocycles. The SMILES string of the molecule is CC1(C)OB(c2cn(-c3cncc(C4CC4)c3)cn2)OC1(C)C. The number of hydrogen-bond donors (Lipinski definition) is 0. The van der Waals surface area contributed by atoms with E-state index < -0.39 is 7.12 Å². The Morgan fingerprint density at radius 1 is 1.13 bits per heavy atom. The zero-order valence-electron chi connectivity index (χ0n) is 14.1. The van der Waals surface area contributed by atoms with Gasteiger partial charge in [0.15, 0.2) is 0 Å². The first kappa shape index (κ1) is 14.9. The van der Waals surface area contributed by atoms with Crippen LogP contribution < -0.4 is 5.59 Å². The third-order valence-electron chi connectivity index (χ3n) is 5.19. The van der Waals surface area contributed by atoms with Gasteiger partial charge in [-0.15, -0.1) is 0 Å². The standard InChI is InChI=1S/C17H22BN3O2/c1-16(2)17(3,4)23-18(22-16)15-10-21(11-20-15)14-7-13(8-19-9-14)12-5-6-12/h7-12H,5-6H2,1-4H3. The van der Waals surface area contributed by atoms with Crippen LogP contribution in [0, 0.1) is 0 Å². The molecule has 0 radical (unpaired) electrons. The molecule has 1 aliphatic carbocycles. The first-order valence-electron chi connectivity index (χ1n) is 8.21. The molecule has 1 saturated heterocycles. The van der Waals surface area contributed by atoms with Crippen LogP contribution in [0.15, 0.2) is 31.0 Å². The van der Waals surface area contributed by atoms with Crippen molar-refractivity contribution in [2.45, 2.75) is 57.7 Å². The fraction of sp³-hybridized carbons (Fsp3) is 0.529. The summed E-state index contributed by atoms with van der Waals surface area (Å²) in [6, 6.07) is 2.19. The molecule has 0 N–H and O–H groups in total. The van der Waals surface area contributed by atoms with E-state index in [4.69, 9.17) is 9.31 Å². The van der Waals surface area contributed by atoms with Gasteiger partial charge in [0.1, 0.15) is 0 Å². The summed E-state index contributed by atoms with van der Waals surface area (Å²) < 4.78 is 14.1. The minimum absolute atomic E-state index is 0.352. The Morgan fingerprint density at radius 3 is 2.48 bits per heavy atom. The van der Waals surface area contributed by atoms with Gasteiger partial charge in [-0.1, -0.05) is 0 Å². The minimum Gasteiger partial charge on any atom is -0.398 e. The zero-order chi connectivity index (χ0) is 16.2. The quantitative estimate of drug-likeness (QED) is 0.817. The Labute approximate surface area is 137 Å². The van der Waals surface area contributed by atoms with Crippen molar-refractivity contribution < 1.29 is 9.31 Å². The molecule has 0 atom stereocenters. The summed E-state index contributed by atoms with van der Waals surface area (Å²) in [4.78, 5) is 8.85. The van der Waals surface area contributed by atoms with Crippen LogP contribution in [0.4, 0.5) is 0 Å². The topological polar surface area (TPSA) is 49.2 Å². The molecule has 2 aliphatic rings. The normalized spacial score (nSPS) is 22.5. The number of hydrogen-bond acceptors (Lipinski definition) is 4. The molecule has 0 aromatic carbocycles. The van der Waals surface area contributed by atoms with E-state index in [1.54, 1.807) is 6.33 Å². The summed E-state index contributed by atoms with van der Waals surface area (Å²) in [5.74, 6) is 0.688. The van der Waals surface area contributed by atoms with Crippen LogP contribution in [-0.2, 0) is 9.31 Å². The molecule has 0 spiro atoms. The lowest BCUT2D eigenvalue weighted by atomic mass is 9.86. The fourth-order valence-electron chi connectivity index (χ4n) is 2.79. The van der Waals surface area contributed by atoms with Crippen molar-refractivity contribution in [2.24, 2.45) is 0 Å². The van der Waals surface area contributed by atoms with E-state index in [0.717, 1.165) is 11.3 Å². The maximum Gasteiger partial charge on any atom is 0.516 e. The molecule has 5 nitrogen and oxygen atoms in total. The number of nitrogens with zero attached hydrogens (tertiary/aromatic N) is 3. The van der Waals surface area contributed by atoms with Gasteiger partial charge in [-0.25, -0.2) is 4.98 Å². The summed E-state index contributed by atoms with van der Waals surface area (Å²) >= 11 is 0. The fourth-order valence-corrected chi connectivity index (χ4v) is 2.79. The number of aromatic nitrogens is 3. The predicted octanol–water partition coefficient (Wildman–Crippen LogP) is 2.44. The molecule has 0 unspecified atom stereocenters. The molecule has 3 heterocycles. The summed E-state index contributed by atoms with van der Waals surface area (Å²) in [5, 5.41) is 0. The first-order chi connectivity index (χ1) is 10.9. The van der Waals surface area contributed by atoms with Crippen LogP contribution in [0.1, 0.15) is 52.0 Å². The summed E-state index contributed by atoms with van der Waals surface area (Å²) in [5.41, 5.74) is 2.43. The third kappa shape index (κ3) is 2.60. The van der Waals surface area contributed by atoms with Gasteiger partial charge in [-0.2, -0.15) is 0 Å². The van der Waals surface area contributed by atoms with Gasteiger partial charge in [-0.05, 0) is 58.1 Å². The number of imidazole rings is 1. The Morgan fingerprint density at radius 2 is 1.83 bits per heavy atom. The molecule has 2 aromatic rings. The smallest absolute Gasteiger partial charge is 0.398 e. The van der Waals surface area contributed by atoms with E-state index in [0.29, 0.717) is 5.92 Å². The van der Waals surface area contributed by atoms with E-state index in [1.165, 1.54) is 18.4 Å². The van der Waals surface area contributed by atoms with Crippen molar-refractivity contribution in [3.63, 3.8) is 0 Å². The van der Waals surface area contributed by atoms with Gasteiger partial charge in [-0.3, -0.25) is 4.98 Å².